The Morgan fingerprint density at radius 2 is 1.16 bits per heavy atom. The Morgan fingerprint density at radius 3 is 1.80 bits per heavy atom. The lowest BCUT2D eigenvalue weighted by molar-refractivity contribution is 0.939. The molecule has 0 saturated carbocycles. The molecule has 1 unspecified atom stereocenters. The quantitative estimate of drug-likeness (QED) is 0.431. The second-order valence-electron chi connectivity index (χ2n) is 6.97. The van der Waals surface area contributed by atoms with Crippen LogP contribution in [0.15, 0.2) is 72.8 Å². The lowest BCUT2D eigenvalue weighted by Crippen LogP contribution is -2.27. The van der Waals surface area contributed by atoms with E-state index in [1.165, 1.54) is 43.1 Å². The average molecular weight is 320 g/mol. The Balaban J connectivity index is 1.89. The first-order chi connectivity index (χ1) is 12.3. The van der Waals surface area contributed by atoms with Gasteiger partial charge in [0, 0.05) is 5.92 Å². The van der Waals surface area contributed by atoms with Crippen molar-refractivity contribution in [3.8, 4) is 0 Å². The molecular formula is C25H20. The first-order valence-electron chi connectivity index (χ1n) is 9.00. The van der Waals surface area contributed by atoms with E-state index in [9.17, 15) is 0 Å². The minimum Gasteiger partial charge on any atom is -0.0758 e. The number of hydrogen-bond donors (Lipinski definition) is 0. The maximum absolute atomic E-state index is 2.46. The summed E-state index contributed by atoms with van der Waals surface area (Å²) < 4.78 is 0. The third kappa shape index (κ3) is 2.21. The zero-order valence-electron chi connectivity index (χ0n) is 14.4. The van der Waals surface area contributed by atoms with E-state index >= 15 is 0 Å². The van der Waals surface area contributed by atoms with Gasteiger partial charge in [-0.05, 0) is 56.5 Å². The van der Waals surface area contributed by atoms with Crippen molar-refractivity contribution in [1.29, 1.82) is 0 Å². The van der Waals surface area contributed by atoms with Crippen molar-refractivity contribution in [2.24, 2.45) is 0 Å². The highest BCUT2D eigenvalue weighted by atomic mass is 14.2. The lowest BCUT2D eigenvalue weighted by atomic mass is 9.82. The summed E-state index contributed by atoms with van der Waals surface area (Å²) in [5.74, 6) is 0.422. The zero-order chi connectivity index (χ0) is 16.8. The van der Waals surface area contributed by atoms with E-state index in [4.69, 9.17) is 0 Å². The molecule has 0 N–H and O–H groups in total. The fourth-order valence-electron chi connectivity index (χ4n) is 4.37. The first-order valence-corrected chi connectivity index (χ1v) is 9.00. The molecule has 5 rings (SSSR count). The molecule has 4 aromatic carbocycles. The van der Waals surface area contributed by atoms with Crippen LogP contribution in [-0.2, 0) is 0 Å². The fraction of sp³-hybridized carbons (Fsp3) is 0.120. The minimum absolute atomic E-state index is 0.422. The third-order valence-corrected chi connectivity index (χ3v) is 5.58. The van der Waals surface area contributed by atoms with Crippen LogP contribution in [0.4, 0.5) is 0 Å². The second-order valence-corrected chi connectivity index (χ2v) is 6.97. The Labute approximate surface area is 147 Å². The predicted molar refractivity (Wildman–Crippen MR) is 108 cm³/mol. The average Bonchev–Trinajstić information content (AvgIpc) is 2.68. The van der Waals surface area contributed by atoms with Gasteiger partial charge in [-0.25, -0.2) is 0 Å². The summed E-state index contributed by atoms with van der Waals surface area (Å²) in [5.41, 5.74) is 2.86. The van der Waals surface area contributed by atoms with Crippen LogP contribution in [0.3, 0.4) is 0 Å². The fourth-order valence-corrected chi connectivity index (χ4v) is 4.37. The molecule has 0 aromatic heterocycles. The van der Waals surface area contributed by atoms with Crippen molar-refractivity contribution in [1.82, 2.24) is 0 Å². The van der Waals surface area contributed by atoms with Gasteiger partial charge < -0.3 is 0 Å². The molecule has 1 atom stereocenters. The Hall–Kier alpha value is -2.86. The maximum Gasteiger partial charge on any atom is 0.00743 e. The highest BCUT2D eigenvalue weighted by molar-refractivity contribution is 6.06. The zero-order valence-corrected chi connectivity index (χ0v) is 14.4. The van der Waals surface area contributed by atoms with Crippen molar-refractivity contribution >= 4 is 33.7 Å². The molecule has 1 aliphatic rings. The van der Waals surface area contributed by atoms with Crippen LogP contribution in [-0.4, -0.2) is 0 Å². The molecule has 0 spiro atoms. The molecular weight excluding hydrogens is 300 g/mol. The molecule has 0 aliphatic heterocycles. The standard InChI is InChI=1S/C25H20/c1-17-21-10-4-6-12-23(21)25(24-13-7-5-11-22(17)24)20-15-14-18-8-2-3-9-19(18)16-20/h2-14,16,20H,15H2,1H3. The summed E-state index contributed by atoms with van der Waals surface area (Å²) in [5, 5.41) is 8.26. The molecule has 120 valence electrons. The largest absolute Gasteiger partial charge is 0.0758 e. The highest BCUT2D eigenvalue weighted by Gasteiger charge is 2.18. The van der Waals surface area contributed by atoms with Crippen LogP contribution in [0.5, 0.6) is 0 Å². The molecule has 0 radical (unpaired) electrons. The predicted octanol–water partition coefficient (Wildman–Crippen LogP) is 5.05. The Kier molecular flexibility index (Phi) is 3.24. The van der Waals surface area contributed by atoms with Crippen molar-refractivity contribution in [3.05, 3.63) is 94.4 Å². The Morgan fingerprint density at radius 1 is 0.640 bits per heavy atom. The summed E-state index contributed by atoms with van der Waals surface area (Å²) in [6.45, 7) is 2.25. The van der Waals surface area contributed by atoms with E-state index in [0.29, 0.717) is 5.92 Å². The van der Waals surface area contributed by atoms with Crippen LogP contribution < -0.4 is 10.4 Å². The number of aryl methyl sites for hydroxylation is 1. The molecule has 25 heavy (non-hydrogen) atoms. The smallest absolute Gasteiger partial charge is 0.00743 e. The topological polar surface area (TPSA) is 0 Å². The van der Waals surface area contributed by atoms with Crippen LogP contribution >= 0.6 is 0 Å². The third-order valence-electron chi connectivity index (χ3n) is 5.58. The van der Waals surface area contributed by atoms with Crippen LogP contribution in [0.1, 0.15) is 23.5 Å². The van der Waals surface area contributed by atoms with E-state index in [0.717, 1.165) is 6.42 Å². The van der Waals surface area contributed by atoms with Gasteiger partial charge in [0.2, 0.25) is 0 Å². The summed E-state index contributed by atoms with van der Waals surface area (Å²) in [6, 6.07) is 26.5. The SMILES string of the molecule is Cc1c2ccccc2c(C2C=c3ccccc3=CC2)c2ccccc12. The molecule has 0 heteroatoms. The van der Waals surface area contributed by atoms with Gasteiger partial charge in [0.15, 0.2) is 0 Å². The van der Waals surface area contributed by atoms with Gasteiger partial charge in [0.05, 0.1) is 0 Å². The number of fused-ring (bicyclic) bond motifs is 3. The van der Waals surface area contributed by atoms with Crippen molar-refractivity contribution in [3.63, 3.8) is 0 Å². The number of rotatable bonds is 1. The first kappa shape index (κ1) is 14.5. The summed E-state index contributed by atoms with van der Waals surface area (Å²) in [6.07, 6.45) is 5.91. The molecule has 4 aromatic rings. The van der Waals surface area contributed by atoms with Crippen LogP contribution in [0, 0.1) is 6.92 Å². The van der Waals surface area contributed by atoms with Gasteiger partial charge in [0.25, 0.3) is 0 Å². The molecule has 0 nitrogen and oxygen atoms in total. The van der Waals surface area contributed by atoms with E-state index in [2.05, 4.69) is 91.9 Å². The van der Waals surface area contributed by atoms with Gasteiger partial charge in [-0.3, -0.25) is 0 Å². The van der Waals surface area contributed by atoms with E-state index < -0.39 is 0 Å². The molecule has 0 saturated heterocycles. The normalized spacial score (nSPS) is 16.3. The Bertz CT molecular complexity index is 1170. The summed E-state index contributed by atoms with van der Waals surface area (Å²) in [7, 11) is 0. The van der Waals surface area contributed by atoms with Gasteiger partial charge in [-0.2, -0.15) is 0 Å². The van der Waals surface area contributed by atoms with E-state index in [-0.39, 0.29) is 0 Å². The van der Waals surface area contributed by atoms with Gasteiger partial charge in [0.1, 0.15) is 0 Å². The monoisotopic (exact) mass is 320 g/mol. The van der Waals surface area contributed by atoms with Crippen LogP contribution in [0.2, 0.25) is 0 Å². The van der Waals surface area contributed by atoms with E-state index in [1.807, 2.05) is 0 Å². The number of benzene rings is 4. The molecule has 0 amide bonds. The van der Waals surface area contributed by atoms with E-state index in [1.54, 1.807) is 0 Å². The van der Waals surface area contributed by atoms with Gasteiger partial charge in [-0.1, -0.05) is 84.9 Å². The number of hydrogen-bond acceptors (Lipinski definition) is 0. The van der Waals surface area contributed by atoms with Crippen LogP contribution in [0.25, 0.3) is 33.7 Å². The summed E-state index contributed by atoms with van der Waals surface area (Å²) >= 11 is 0. The lowest BCUT2D eigenvalue weighted by Gasteiger charge is -2.21. The van der Waals surface area contributed by atoms with Crippen molar-refractivity contribution in [2.45, 2.75) is 19.3 Å². The molecule has 0 bridgehead atoms. The minimum atomic E-state index is 0.422. The maximum atomic E-state index is 2.46. The second kappa shape index (κ2) is 5.60. The van der Waals surface area contributed by atoms with Gasteiger partial charge in [-0.15, -0.1) is 0 Å². The molecule has 0 fully saturated rings. The summed E-state index contributed by atoms with van der Waals surface area (Å²) in [4.78, 5) is 0. The van der Waals surface area contributed by atoms with Crippen molar-refractivity contribution < 1.29 is 0 Å². The molecule has 0 heterocycles. The van der Waals surface area contributed by atoms with Gasteiger partial charge >= 0.3 is 0 Å². The van der Waals surface area contributed by atoms with Crippen molar-refractivity contribution in [2.75, 3.05) is 0 Å². The molecule has 1 aliphatic carbocycles. The highest BCUT2D eigenvalue weighted by Crippen LogP contribution is 2.38.